The summed E-state index contributed by atoms with van der Waals surface area (Å²) in [5, 5.41) is 11.5. The summed E-state index contributed by atoms with van der Waals surface area (Å²) in [4.78, 5) is 14.5. The van der Waals surface area contributed by atoms with Gasteiger partial charge in [-0.15, -0.1) is 10.2 Å². The fourth-order valence-corrected chi connectivity index (χ4v) is 2.78. The number of nitrogens with zero attached hydrogens (tertiary/aromatic N) is 4. The Morgan fingerprint density at radius 1 is 1.42 bits per heavy atom. The van der Waals surface area contributed by atoms with Crippen molar-refractivity contribution in [2.24, 2.45) is 7.05 Å². The van der Waals surface area contributed by atoms with Crippen molar-refractivity contribution in [3.8, 4) is 0 Å². The molecule has 1 aromatic heterocycles. The van der Waals surface area contributed by atoms with Crippen LogP contribution in [0.15, 0.2) is 6.33 Å². The van der Waals surface area contributed by atoms with Gasteiger partial charge in [0.2, 0.25) is 5.91 Å². The van der Waals surface area contributed by atoms with Gasteiger partial charge in [0.1, 0.15) is 6.33 Å². The zero-order chi connectivity index (χ0) is 13.4. The van der Waals surface area contributed by atoms with Crippen LogP contribution in [0.1, 0.15) is 44.5 Å². The van der Waals surface area contributed by atoms with E-state index in [1.165, 1.54) is 12.8 Å². The van der Waals surface area contributed by atoms with E-state index >= 15 is 0 Å². The van der Waals surface area contributed by atoms with E-state index in [0.717, 1.165) is 25.2 Å². The van der Waals surface area contributed by atoms with Crippen molar-refractivity contribution >= 4 is 5.91 Å². The summed E-state index contributed by atoms with van der Waals surface area (Å²) < 4.78 is 1.88. The smallest absolute Gasteiger partial charge is 0.240 e. The zero-order valence-electron chi connectivity index (χ0n) is 11.5. The number of carbonyl (C=O) groups is 1. The molecule has 6 heteroatoms. The maximum absolute atomic E-state index is 12.5. The molecule has 1 amide bonds. The van der Waals surface area contributed by atoms with Crippen LogP contribution in [0, 0.1) is 0 Å². The summed E-state index contributed by atoms with van der Waals surface area (Å²) in [7, 11) is 1.92. The molecule has 1 aromatic rings. The molecule has 2 fully saturated rings. The number of rotatable bonds is 4. The Labute approximate surface area is 113 Å². The molecule has 1 aliphatic carbocycles. The number of aryl methyl sites for hydroxylation is 1. The number of piperidine rings is 1. The lowest BCUT2D eigenvalue weighted by Crippen LogP contribution is -2.52. The SMILES string of the molecule is CC(c1nncn1C)N1CCCC(NC2CC2)C1=O. The number of amides is 1. The molecule has 0 spiro atoms. The van der Waals surface area contributed by atoms with Crippen molar-refractivity contribution in [3.63, 3.8) is 0 Å². The van der Waals surface area contributed by atoms with Crippen LogP contribution in [-0.4, -0.2) is 44.2 Å². The molecule has 19 heavy (non-hydrogen) atoms. The van der Waals surface area contributed by atoms with Crippen LogP contribution >= 0.6 is 0 Å². The molecule has 1 aliphatic heterocycles. The minimum Gasteiger partial charge on any atom is -0.331 e. The lowest BCUT2D eigenvalue weighted by Gasteiger charge is -2.36. The van der Waals surface area contributed by atoms with Gasteiger partial charge in [-0.25, -0.2) is 0 Å². The van der Waals surface area contributed by atoms with Crippen molar-refractivity contribution in [1.82, 2.24) is 25.0 Å². The van der Waals surface area contributed by atoms with Crippen LogP contribution in [0.5, 0.6) is 0 Å². The molecule has 2 atom stereocenters. The van der Waals surface area contributed by atoms with Crippen LogP contribution in [-0.2, 0) is 11.8 Å². The summed E-state index contributed by atoms with van der Waals surface area (Å²) in [6.07, 6.45) is 6.11. The predicted octanol–water partition coefficient (Wildman–Crippen LogP) is 0.619. The normalized spacial score (nSPS) is 25.7. The highest BCUT2D eigenvalue weighted by Crippen LogP contribution is 2.26. The summed E-state index contributed by atoms with van der Waals surface area (Å²) >= 11 is 0. The van der Waals surface area contributed by atoms with Gasteiger partial charge in [0.05, 0.1) is 12.1 Å². The first-order valence-corrected chi connectivity index (χ1v) is 7.07. The molecule has 2 heterocycles. The third-order valence-corrected chi connectivity index (χ3v) is 4.07. The van der Waals surface area contributed by atoms with E-state index in [1.807, 2.05) is 23.4 Å². The molecule has 0 aromatic carbocycles. The van der Waals surface area contributed by atoms with Crippen molar-refractivity contribution in [2.75, 3.05) is 6.54 Å². The topological polar surface area (TPSA) is 63.1 Å². The number of hydrogen-bond acceptors (Lipinski definition) is 4. The van der Waals surface area contributed by atoms with Gasteiger partial charge in [0.15, 0.2) is 5.82 Å². The number of aromatic nitrogens is 3. The van der Waals surface area contributed by atoms with E-state index in [1.54, 1.807) is 6.33 Å². The Morgan fingerprint density at radius 3 is 2.84 bits per heavy atom. The molecule has 1 saturated heterocycles. The molecule has 3 rings (SSSR count). The number of nitrogens with one attached hydrogen (secondary N) is 1. The van der Waals surface area contributed by atoms with Crippen molar-refractivity contribution in [2.45, 2.75) is 50.7 Å². The first-order chi connectivity index (χ1) is 9.16. The van der Waals surface area contributed by atoms with Crippen molar-refractivity contribution in [1.29, 1.82) is 0 Å². The number of carbonyl (C=O) groups excluding carboxylic acids is 1. The van der Waals surface area contributed by atoms with E-state index in [2.05, 4.69) is 15.5 Å². The Hall–Kier alpha value is -1.43. The molecular weight excluding hydrogens is 242 g/mol. The highest BCUT2D eigenvalue weighted by atomic mass is 16.2. The highest BCUT2D eigenvalue weighted by molar-refractivity contribution is 5.83. The summed E-state index contributed by atoms with van der Waals surface area (Å²) in [6, 6.07) is 0.555. The van der Waals surface area contributed by atoms with Gasteiger partial charge in [-0.2, -0.15) is 0 Å². The molecule has 2 aliphatic rings. The van der Waals surface area contributed by atoms with Gasteiger partial charge in [0.25, 0.3) is 0 Å². The quantitative estimate of drug-likeness (QED) is 0.865. The van der Waals surface area contributed by atoms with Gasteiger partial charge in [-0.1, -0.05) is 0 Å². The Bertz CT molecular complexity index is 467. The highest BCUT2D eigenvalue weighted by Gasteiger charge is 2.36. The van der Waals surface area contributed by atoms with E-state index in [-0.39, 0.29) is 18.0 Å². The van der Waals surface area contributed by atoms with Gasteiger partial charge in [-0.05, 0) is 32.6 Å². The van der Waals surface area contributed by atoms with Crippen molar-refractivity contribution < 1.29 is 4.79 Å². The second-order valence-corrected chi connectivity index (χ2v) is 5.64. The van der Waals surface area contributed by atoms with E-state index in [4.69, 9.17) is 0 Å². The minimum atomic E-state index is -0.0104. The molecule has 0 radical (unpaired) electrons. The summed E-state index contributed by atoms with van der Waals surface area (Å²) in [5.74, 6) is 1.06. The van der Waals surface area contributed by atoms with Crippen LogP contribution in [0.4, 0.5) is 0 Å². The lowest BCUT2D eigenvalue weighted by molar-refractivity contribution is -0.138. The zero-order valence-corrected chi connectivity index (χ0v) is 11.5. The second kappa shape index (κ2) is 4.92. The van der Waals surface area contributed by atoms with Crippen LogP contribution in [0.3, 0.4) is 0 Å². The minimum absolute atomic E-state index is 0.00284. The van der Waals surface area contributed by atoms with E-state index in [0.29, 0.717) is 6.04 Å². The standard InChI is InChI=1S/C13H21N5O/c1-9(12-16-14-8-17(12)2)18-7-3-4-11(13(18)19)15-10-5-6-10/h8-11,15H,3-7H2,1-2H3. The number of likely N-dealkylation sites (tertiary alicyclic amines) is 1. The second-order valence-electron chi connectivity index (χ2n) is 5.64. The first-order valence-electron chi connectivity index (χ1n) is 7.07. The Kier molecular flexibility index (Phi) is 3.26. The van der Waals surface area contributed by atoms with Crippen molar-refractivity contribution in [3.05, 3.63) is 12.2 Å². The average molecular weight is 263 g/mol. The lowest BCUT2D eigenvalue weighted by atomic mass is 10.0. The predicted molar refractivity (Wildman–Crippen MR) is 70.3 cm³/mol. The first kappa shape index (κ1) is 12.6. The van der Waals surface area contributed by atoms with Gasteiger partial charge >= 0.3 is 0 Å². The fourth-order valence-electron chi connectivity index (χ4n) is 2.78. The molecule has 0 bridgehead atoms. The monoisotopic (exact) mass is 263 g/mol. The molecular formula is C13H21N5O. The third-order valence-electron chi connectivity index (χ3n) is 4.07. The Balaban J connectivity index is 1.72. The summed E-state index contributed by atoms with van der Waals surface area (Å²) in [5.41, 5.74) is 0. The van der Waals surface area contributed by atoms with E-state index in [9.17, 15) is 4.79 Å². The maximum Gasteiger partial charge on any atom is 0.240 e. The van der Waals surface area contributed by atoms with Gasteiger partial charge in [0, 0.05) is 19.6 Å². The molecule has 2 unspecified atom stereocenters. The maximum atomic E-state index is 12.5. The fraction of sp³-hybridized carbons (Fsp3) is 0.769. The van der Waals surface area contributed by atoms with E-state index < -0.39 is 0 Å². The average Bonchev–Trinajstić information content (AvgIpc) is 3.11. The third kappa shape index (κ3) is 2.49. The molecule has 6 nitrogen and oxygen atoms in total. The van der Waals surface area contributed by atoms with Crippen LogP contribution < -0.4 is 5.32 Å². The molecule has 1 N–H and O–H groups in total. The van der Waals surface area contributed by atoms with Crippen LogP contribution in [0.2, 0.25) is 0 Å². The van der Waals surface area contributed by atoms with Crippen LogP contribution in [0.25, 0.3) is 0 Å². The molecule has 1 saturated carbocycles. The summed E-state index contributed by atoms with van der Waals surface area (Å²) in [6.45, 7) is 2.84. The van der Waals surface area contributed by atoms with Gasteiger partial charge in [-0.3, -0.25) is 4.79 Å². The molecule has 104 valence electrons. The number of hydrogen-bond donors (Lipinski definition) is 1. The van der Waals surface area contributed by atoms with Gasteiger partial charge < -0.3 is 14.8 Å². The Morgan fingerprint density at radius 2 is 2.21 bits per heavy atom. The largest absolute Gasteiger partial charge is 0.331 e.